The van der Waals surface area contributed by atoms with Crippen molar-refractivity contribution in [2.45, 2.75) is 77.1 Å². The van der Waals surface area contributed by atoms with Crippen LogP contribution in [0.2, 0.25) is 0 Å². The Hall–Kier alpha value is -2.97. The second-order valence-electron chi connectivity index (χ2n) is 7.62. The van der Waals surface area contributed by atoms with Crippen molar-refractivity contribution in [2.75, 3.05) is 26.4 Å². The van der Waals surface area contributed by atoms with E-state index in [0.29, 0.717) is 0 Å². The maximum Gasteiger partial charge on any atom is 0.341 e. The van der Waals surface area contributed by atoms with Crippen LogP contribution in [0.3, 0.4) is 0 Å². The van der Waals surface area contributed by atoms with Gasteiger partial charge in [-0.3, -0.25) is 19.2 Å². The summed E-state index contributed by atoms with van der Waals surface area (Å²) >= 11 is 6.27. The Morgan fingerprint density at radius 3 is 1.59 bits per heavy atom. The lowest BCUT2D eigenvalue weighted by Gasteiger charge is -2.44. The minimum absolute atomic E-state index is 0.119. The summed E-state index contributed by atoms with van der Waals surface area (Å²) in [6.45, 7) is 5.60. The van der Waals surface area contributed by atoms with Crippen molar-refractivity contribution < 1.29 is 66.7 Å². The van der Waals surface area contributed by atoms with Gasteiger partial charge in [-0.25, -0.2) is 9.59 Å². The van der Waals surface area contributed by atoms with Gasteiger partial charge < -0.3 is 37.9 Å². The van der Waals surface area contributed by atoms with Crippen LogP contribution in [0.5, 0.6) is 0 Å². The van der Waals surface area contributed by atoms with E-state index in [-0.39, 0.29) is 13.2 Å². The predicted molar refractivity (Wildman–Crippen MR) is 120 cm³/mol. The van der Waals surface area contributed by atoms with Crippen LogP contribution in [0.25, 0.3) is 0 Å². The van der Waals surface area contributed by atoms with E-state index in [1.807, 2.05) is 0 Å². The molecule has 0 amide bonds. The number of alkyl halides is 1. The van der Waals surface area contributed by atoms with Gasteiger partial charge in [-0.15, -0.1) is 0 Å². The summed E-state index contributed by atoms with van der Waals surface area (Å²) in [5.41, 5.74) is 0. The molecule has 210 valence electrons. The van der Waals surface area contributed by atoms with E-state index < -0.39 is 84.6 Å². The number of halogens is 1. The average molecular weight is 555 g/mol. The summed E-state index contributed by atoms with van der Waals surface area (Å²) in [7, 11) is 0. The molecule has 1 rings (SSSR count). The fourth-order valence-electron chi connectivity index (χ4n) is 3.21. The molecule has 1 aliphatic rings. The molecular weight excluding hydrogens is 524 g/mol. The summed E-state index contributed by atoms with van der Waals surface area (Å²) in [6.07, 6.45) is -7.48. The first-order valence-electron chi connectivity index (χ1n) is 11.2. The van der Waals surface area contributed by atoms with Crippen LogP contribution in [-0.2, 0) is 66.7 Å². The highest BCUT2D eigenvalue weighted by Crippen LogP contribution is 2.31. The van der Waals surface area contributed by atoms with Crippen LogP contribution in [0.4, 0.5) is 0 Å². The largest absolute Gasteiger partial charge is 0.464 e. The summed E-state index contributed by atoms with van der Waals surface area (Å²) in [4.78, 5) is 69.4. The second-order valence-corrected chi connectivity index (χ2v) is 8.27. The molecule has 37 heavy (non-hydrogen) atoms. The van der Waals surface area contributed by atoms with Crippen LogP contribution in [0.1, 0.15) is 41.5 Å². The lowest BCUT2D eigenvalue weighted by atomic mass is 9.98. The maximum absolute atomic E-state index is 12.5. The molecule has 0 bridgehead atoms. The molecular formula is C22H31ClO14. The molecule has 0 spiro atoms. The summed E-state index contributed by atoms with van der Waals surface area (Å²) in [6, 6.07) is 0. The summed E-state index contributed by atoms with van der Waals surface area (Å²) in [5, 5.41) is 0. The number of rotatable bonds is 12. The Balaban J connectivity index is 3.45. The number of ether oxygens (including phenoxy) is 8. The van der Waals surface area contributed by atoms with Crippen LogP contribution < -0.4 is 0 Å². The molecule has 0 aliphatic carbocycles. The van der Waals surface area contributed by atoms with E-state index in [0.717, 1.165) is 27.7 Å². The van der Waals surface area contributed by atoms with Crippen LogP contribution in [-0.4, -0.2) is 97.8 Å². The third-order valence-corrected chi connectivity index (χ3v) is 5.01. The van der Waals surface area contributed by atoms with Crippen molar-refractivity contribution in [1.82, 2.24) is 0 Å². The molecule has 1 aliphatic heterocycles. The van der Waals surface area contributed by atoms with Gasteiger partial charge in [-0.05, 0) is 13.8 Å². The SMILES string of the molecule is CCOC(=O)C(Cl)(COC1O[C@H](COC(C)=O)[C@@H](OC(C)=O)[C@H](OC(C)=O)[C@H]1OC(C)=O)C(=O)OCC. The van der Waals surface area contributed by atoms with Crippen molar-refractivity contribution >= 4 is 47.4 Å². The number of esters is 6. The normalized spacial score (nSPS) is 23.3. The molecule has 1 heterocycles. The molecule has 1 fully saturated rings. The van der Waals surface area contributed by atoms with Gasteiger partial charge >= 0.3 is 35.8 Å². The van der Waals surface area contributed by atoms with Crippen LogP contribution >= 0.6 is 11.6 Å². The third-order valence-electron chi connectivity index (χ3n) is 4.59. The Morgan fingerprint density at radius 2 is 1.16 bits per heavy atom. The Bertz CT molecular complexity index is 840. The molecule has 0 aromatic carbocycles. The molecule has 1 saturated heterocycles. The Kier molecular flexibility index (Phi) is 12.7. The molecule has 15 heteroatoms. The summed E-state index contributed by atoms with van der Waals surface area (Å²) in [5.74, 6) is -5.60. The minimum Gasteiger partial charge on any atom is -0.464 e. The maximum atomic E-state index is 12.5. The van der Waals surface area contributed by atoms with E-state index in [9.17, 15) is 28.8 Å². The molecule has 0 aromatic rings. The Labute approximate surface area is 218 Å². The number of hydrogen-bond acceptors (Lipinski definition) is 14. The van der Waals surface area contributed by atoms with E-state index in [1.54, 1.807) is 0 Å². The number of carbonyl (C=O) groups excluding carboxylic acids is 6. The van der Waals surface area contributed by atoms with Gasteiger partial charge in [-0.1, -0.05) is 11.6 Å². The highest BCUT2D eigenvalue weighted by molar-refractivity contribution is 6.44. The summed E-state index contributed by atoms with van der Waals surface area (Å²) < 4.78 is 41.8. The molecule has 0 radical (unpaired) electrons. The van der Waals surface area contributed by atoms with E-state index in [1.165, 1.54) is 13.8 Å². The molecule has 0 aromatic heterocycles. The fourth-order valence-corrected chi connectivity index (χ4v) is 3.38. The van der Waals surface area contributed by atoms with Crippen molar-refractivity contribution in [3.63, 3.8) is 0 Å². The van der Waals surface area contributed by atoms with Gasteiger partial charge in [0, 0.05) is 27.7 Å². The quantitative estimate of drug-likeness (QED) is 0.138. The van der Waals surface area contributed by atoms with Crippen molar-refractivity contribution in [1.29, 1.82) is 0 Å². The number of carbonyl (C=O) groups is 6. The zero-order valence-corrected chi connectivity index (χ0v) is 22.1. The average Bonchev–Trinajstić information content (AvgIpc) is 2.78. The van der Waals surface area contributed by atoms with E-state index in [2.05, 4.69) is 0 Å². The van der Waals surface area contributed by atoms with Crippen molar-refractivity contribution in [3.05, 3.63) is 0 Å². The molecule has 0 saturated carbocycles. The lowest BCUT2D eigenvalue weighted by Crippen LogP contribution is -2.63. The van der Waals surface area contributed by atoms with Gasteiger partial charge in [0.1, 0.15) is 12.7 Å². The van der Waals surface area contributed by atoms with Gasteiger partial charge in [0.25, 0.3) is 4.87 Å². The first-order chi connectivity index (χ1) is 17.3. The zero-order valence-electron chi connectivity index (χ0n) is 21.3. The van der Waals surface area contributed by atoms with Gasteiger partial charge in [0.2, 0.25) is 0 Å². The minimum atomic E-state index is -2.48. The second kappa shape index (κ2) is 14.7. The molecule has 0 N–H and O–H groups in total. The number of hydrogen-bond donors (Lipinski definition) is 0. The topological polar surface area (TPSA) is 176 Å². The third kappa shape index (κ3) is 9.44. The first-order valence-corrected chi connectivity index (χ1v) is 11.6. The predicted octanol–water partition coefficient (Wildman–Crippen LogP) is 0.190. The van der Waals surface area contributed by atoms with Gasteiger partial charge in [0.05, 0.1) is 19.8 Å². The van der Waals surface area contributed by atoms with Crippen LogP contribution in [0.15, 0.2) is 0 Å². The standard InChI is InChI=1S/C22H31ClO14/c1-7-30-20(28)22(23,21(29)31-8-2)10-33-19-18(36-14(6)27)17(35-13(5)26)16(34-12(4)25)15(37-19)9-32-11(3)24/h15-19H,7-10H2,1-6H3/t15-,16-,17+,18-,19?/m1/s1. The van der Waals surface area contributed by atoms with Crippen molar-refractivity contribution in [3.8, 4) is 0 Å². The van der Waals surface area contributed by atoms with E-state index >= 15 is 0 Å². The van der Waals surface area contributed by atoms with Gasteiger partial charge in [-0.2, -0.15) is 0 Å². The smallest absolute Gasteiger partial charge is 0.341 e. The molecule has 5 atom stereocenters. The monoisotopic (exact) mass is 554 g/mol. The zero-order chi connectivity index (χ0) is 28.3. The lowest BCUT2D eigenvalue weighted by molar-refractivity contribution is -0.309. The molecule has 1 unspecified atom stereocenters. The van der Waals surface area contributed by atoms with Crippen LogP contribution in [0, 0.1) is 0 Å². The molecule has 14 nitrogen and oxygen atoms in total. The first kappa shape index (κ1) is 32.1. The van der Waals surface area contributed by atoms with Crippen molar-refractivity contribution in [2.24, 2.45) is 0 Å². The highest BCUT2D eigenvalue weighted by atomic mass is 35.5. The fraction of sp³-hybridized carbons (Fsp3) is 0.727. The van der Waals surface area contributed by atoms with Gasteiger partial charge in [0.15, 0.2) is 24.6 Å². The highest BCUT2D eigenvalue weighted by Gasteiger charge is 2.55. The van der Waals surface area contributed by atoms with E-state index in [4.69, 9.17) is 49.5 Å². The Morgan fingerprint density at radius 1 is 0.703 bits per heavy atom.